The summed E-state index contributed by atoms with van der Waals surface area (Å²) in [6.07, 6.45) is 3.57. The first-order valence-corrected chi connectivity index (χ1v) is 7.58. The summed E-state index contributed by atoms with van der Waals surface area (Å²) in [5, 5.41) is 14.4. The van der Waals surface area contributed by atoms with Gasteiger partial charge in [-0.1, -0.05) is 12.1 Å². The van der Waals surface area contributed by atoms with Gasteiger partial charge < -0.3 is 5.11 Å². The molecule has 0 aliphatic heterocycles. The van der Waals surface area contributed by atoms with Crippen molar-refractivity contribution < 1.29 is 9.90 Å². The van der Waals surface area contributed by atoms with Gasteiger partial charge in [0.25, 0.3) is 0 Å². The van der Waals surface area contributed by atoms with Crippen LogP contribution in [0.15, 0.2) is 24.3 Å². The van der Waals surface area contributed by atoms with E-state index in [9.17, 15) is 4.79 Å². The molecule has 3 aromatic rings. The maximum absolute atomic E-state index is 10.7. The zero-order valence-corrected chi connectivity index (χ0v) is 12.1. The maximum Gasteiger partial charge on any atom is 0.303 e. The highest BCUT2D eigenvalue weighted by atomic mass is 16.4. The van der Waals surface area contributed by atoms with Crippen molar-refractivity contribution in [1.29, 1.82) is 0 Å². The lowest BCUT2D eigenvalue weighted by Crippen LogP contribution is -2.05. The molecule has 112 valence electrons. The van der Waals surface area contributed by atoms with Crippen LogP contribution < -0.4 is 0 Å². The Balaban J connectivity index is 1.83. The molecular formula is C16H16N4O2. The quantitative estimate of drug-likeness (QED) is 0.782. The van der Waals surface area contributed by atoms with Crippen molar-refractivity contribution in [2.75, 3.05) is 0 Å². The van der Waals surface area contributed by atoms with Crippen LogP contribution >= 0.6 is 0 Å². The van der Waals surface area contributed by atoms with Crippen LogP contribution in [0.5, 0.6) is 0 Å². The van der Waals surface area contributed by atoms with Gasteiger partial charge in [0.1, 0.15) is 5.82 Å². The van der Waals surface area contributed by atoms with E-state index < -0.39 is 5.97 Å². The van der Waals surface area contributed by atoms with Crippen LogP contribution in [0.2, 0.25) is 0 Å². The normalized spacial score (nSPS) is 14.7. The zero-order chi connectivity index (χ0) is 15.1. The fourth-order valence-corrected chi connectivity index (χ4v) is 2.70. The molecule has 0 bridgehead atoms. The van der Waals surface area contributed by atoms with Gasteiger partial charge in [0.2, 0.25) is 0 Å². The van der Waals surface area contributed by atoms with Gasteiger partial charge in [-0.15, -0.1) is 5.10 Å². The van der Waals surface area contributed by atoms with Crippen LogP contribution in [-0.4, -0.2) is 30.7 Å². The third-order valence-corrected chi connectivity index (χ3v) is 4.00. The summed E-state index contributed by atoms with van der Waals surface area (Å²) in [4.78, 5) is 20.1. The lowest BCUT2D eigenvalue weighted by molar-refractivity contribution is -0.137. The van der Waals surface area contributed by atoms with Crippen molar-refractivity contribution in [2.45, 2.75) is 38.0 Å². The predicted molar refractivity (Wildman–Crippen MR) is 80.8 cm³/mol. The highest BCUT2D eigenvalue weighted by Crippen LogP contribution is 2.38. The molecule has 0 atom stereocenters. The topological polar surface area (TPSA) is 80.4 Å². The van der Waals surface area contributed by atoms with Crippen LogP contribution in [0.4, 0.5) is 0 Å². The van der Waals surface area contributed by atoms with Crippen LogP contribution in [-0.2, 0) is 11.2 Å². The number of carbonyl (C=O) groups is 1. The minimum absolute atomic E-state index is 0.139. The first kappa shape index (κ1) is 13.2. The second-order valence-electron chi connectivity index (χ2n) is 5.77. The van der Waals surface area contributed by atoms with Crippen LogP contribution in [0, 0.1) is 0 Å². The number of benzene rings is 1. The van der Waals surface area contributed by atoms with E-state index in [1.54, 1.807) is 4.52 Å². The molecule has 0 spiro atoms. The van der Waals surface area contributed by atoms with Gasteiger partial charge in [-0.25, -0.2) is 9.97 Å². The van der Waals surface area contributed by atoms with Gasteiger partial charge in [-0.05, 0) is 31.4 Å². The standard InChI is InChI=1S/C16H16N4O2/c21-14(22)7-3-6-13-17-12-5-2-1-4-11(12)16-18-15(10-8-9-10)19-20(13)16/h1-2,4-5,10H,3,6-9H2,(H,21,22). The van der Waals surface area contributed by atoms with Crippen molar-refractivity contribution in [1.82, 2.24) is 19.6 Å². The summed E-state index contributed by atoms with van der Waals surface area (Å²) >= 11 is 0. The van der Waals surface area contributed by atoms with Gasteiger partial charge in [-0.3, -0.25) is 4.79 Å². The fraction of sp³-hybridized carbons (Fsp3) is 0.375. The van der Waals surface area contributed by atoms with Gasteiger partial charge >= 0.3 is 5.97 Å². The molecule has 2 heterocycles. The average Bonchev–Trinajstić information content (AvgIpc) is 3.25. The predicted octanol–water partition coefficient (Wildman–Crippen LogP) is 2.56. The van der Waals surface area contributed by atoms with E-state index in [0.29, 0.717) is 18.8 Å². The van der Waals surface area contributed by atoms with Crippen LogP contribution in [0.25, 0.3) is 16.6 Å². The molecule has 0 saturated heterocycles. The number of aliphatic carboxylic acids is 1. The molecule has 4 rings (SSSR count). The van der Waals surface area contributed by atoms with Crippen molar-refractivity contribution in [3.63, 3.8) is 0 Å². The van der Waals surface area contributed by atoms with E-state index in [1.165, 1.54) is 0 Å². The number of carboxylic acid groups (broad SMARTS) is 1. The summed E-state index contributed by atoms with van der Waals surface area (Å²) in [5.41, 5.74) is 1.72. The number of aromatic nitrogens is 4. The van der Waals surface area contributed by atoms with Crippen LogP contribution in [0.3, 0.4) is 0 Å². The fourth-order valence-electron chi connectivity index (χ4n) is 2.70. The summed E-state index contributed by atoms with van der Waals surface area (Å²) in [7, 11) is 0. The first-order chi connectivity index (χ1) is 10.7. The van der Waals surface area contributed by atoms with Crippen molar-refractivity contribution in [3.8, 4) is 0 Å². The Bertz CT molecular complexity index is 867. The zero-order valence-electron chi connectivity index (χ0n) is 12.1. The Morgan fingerprint density at radius 1 is 1.27 bits per heavy atom. The summed E-state index contributed by atoms with van der Waals surface area (Å²) in [6, 6.07) is 7.89. The number of hydrogen-bond acceptors (Lipinski definition) is 4. The number of fused-ring (bicyclic) bond motifs is 3. The van der Waals surface area contributed by atoms with E-state index in [-0.39, 0.29) is 6.42 Å². The highest BCUT2D eigenvalue weighted by Gasteiger charge is 2.28. The number of aryl methyl sites for hydroxylation is 1. The molecule has 6 heteroatoms. The average molecular weight is 296 g/mol. The molecular weight excluding hydrogens is 280 g/mol. The van der Waals surface area contributed by atoms with Gasteiger partial charge in [0.05, 0.1) is 5.52 Å². The van der Waals surface area contributed by atoms with Gasteiger partial charge in [0, 0.05) is 24.1 Å². The summed E-state index contributed by atoms with van der Waals surface area (Å²) in [5.74, 6) is 1.37. The van der Waals surface area contributed by atoms with Gasteiger partial charge in [0.15, 0.2) is 11.5 Å². The second kappa shape index (κ2) is 5.05. The van der Waals surface area contributed by atoms with Gasteiger partial charge in [-0.2, -0.15) is 4.52 Å². The molecule has 1 saturated carbocycles. The van der Waals surface area contributed by atoms with E-state index >= 15 is 0 Å². The highest BCUT2D eigenvalue weighted by molar-refractivity contribution is 5.91. The molecule has 0 radical (unpaired) electrons. The molecule has 1 fully saturated rings. The van der Waals surface area contributed by atoms with E-state index in [2.05, 4.69) is 10.1 Å². The Labute approximate surface area is 126 Å². The van der Waals surface area contributed by atoms with Crippen molar-refractivity contribution >= 4 is 22.5 Å². The van der Waals surface area contributed by atoms with Crippen molar-refractivity contribution in [3.05, 3.63) is 35.9 Å². The molecule has 2 aromatic heterocycles. The molecule has 1 N–H and O–H groups in total. The molecule has 1 aromatic carbocycles. The minimum atomic E-state index is -0.783. The SMILES string of the molecule is O=C(O)CCCc1nc2ccccc2c2nc(C3CC3)nn12. The molecule has 0 unspecified atom stereocenters. The van der Waals surface area contributed by atoms with E-state index in [0.717, 1.165) is 41.0 Å². The Morgan fingerprint density at radius 3 is 2.86 bits per heavy atom. The molecule has 1 aliphatic rings. The van der Waals surface area contributed by atoms with Crippen LogP contribution in [0.1, 0.15) is 43.3 Å². The third kappa shape index (κ3) is 2.30. The molecule has 0 amide bonds. The second-order valence-corrected chi connectivity index (χ2v) is 5.77. The minimum Gasteiger partial charge on any atom is -0.481 e. The maximum atomic E-state index is 10.7. The third-order valence-electron chi connectivity index (χ3n) is 4.00. The first-order valence-electron chi connectivity index (χ1n) is 7.58. The molecule has 22 heavy (non-hydrogen) atoms. The Kier molecular flexibility index (Phi) is 3.03. The largest absolute Gasteiger partial charge is 0.481 e. The Hall–Kier alpha value is -2.50. The number of hydrogen-bond donors (Lipinski definition) is 1. The van der Waals surface area contributed by atoms with E-state index in [4.69, 9.17) is 10.1 Å². The smallest absolute Gasteiger partial charge is 0.303 e. The summed E-state index contributed by atoms with van der Waals surface area (Å²) in [6.45, 7) is 0. The van der Waals surface area contributed by atoms with E-state index in [1.807, 2.05) is 24.3 Å². The monoisotopic (exact) mass is 296 g/mol. The number of rotatable bonds is 5. The molecule has 1 aliphatic carbocycles. The molecule has 6 nitrogen and oxygen atoms in total. The number of para-hydroxylation sites is 1. The lowest BCUT2D eigenvalue weighted by Gasteiger charge is -2.05. The number of carboxylic acids is 1. The lowest BCUT2D eigenvalue weighted by atomic mass is 10.2. The Morgan fingerprint density at radius 2 is 2.09 bits per heavy atom. The summed E-state index contributed by atoms with van der Waals surface area (Å²) < 4.78 is 1.80. The number of nitrogens with zero attached hydrogens (tertiary/aromatic N) is 4. The van der Waals surface area contributed by atoms with Crippen molar-refractivity contribution in [2.24, 2.45) is 0 Å².